The maximum Gasteiger partial charge on any atom is 0.346 e. The minimum atomic E-state index is -0.779. The topological polar surface area (TPSA) is 80.6 Å². The normalized spacial score (nSPS) is 10.6. The van der Waals surface area contributed by atoms with Gasteiger partial charge in [-0.05, 0) is 54.1 Å². The van der Waals surface area contributed by atoms with Crippen molar-refractivity contribution in [1.82, 2.24) is 10.4 Å². The summed E-state index contributed by atoms with van der Waals surface area (Å²) in [6.45, 7) is 0. The average molecular weight is 363 g/mol. The lowest BCUT2D eigenvalue weighted by Gasteiger charge is -2.05. The zero-order chi connectivity index (χ0) is 19.1. The van der Waals surface area contributed by atoms with Crippen LogP contribution in [0.1, 0.15) is 26.3 Å². The summed E-state index contributed by atoms with van der Waals surface area (Å²) < 4.78 is 18.7. The summed E-state index contributed by atoms with van der Waals surface area (Å²) >= 11 is 0. The molecule has 2 aromatic carbocycles. The van der Waals surface area contributed by atoms with E-state index in [0.717, 1.165) is 0 Å². The van der Waals surface area contributed by atoms with Crippen molar-refractivity contribution in [2.45, 2.75) is 0 Å². The molecule has 0 radical (unpaired) electrons. The summed E-state index contributed by atoms with van der Waals surface area (Å²) in [6.07, 6.45) is 4.45. The molecule has 27 heavy (non-hydrogen) atoms. The maximum absolute atomic E-state index is 13.6. The molecule has 0 saturated heterocycles. The van der Waals surface area contributed by atoms with Crippen molar-refractivity contribution in [3.8, 4) is 5.75 Å². The number of ether oxygens (including phenoxy) is 1. The largest absolute Gasteiger partial charge is 0.423 e. The quantitative estimate of drug-likeness (QED) is 0.327. The molecule has 0 aliphatic heterocycles. The molecule has 0 spiro atoms. The summed E-state index contributed by atoms with van der Waals surface area (Å²) in [7, 11) is 0. The van der Waals surface area contributed by atoms with Crippen LogP contribution in [0.3, 0.4) is 0 Å². The highest BCUT2D eigenvalue weighted by Crippen LogP contribution is 2.15. The van der Waals surface area contributed by atoms with Crippen LogP contribution in [0.15, 0.2) is 78.2 Å². The van der Waals surface area contributed by atoms with E-state index in [-0.39, 0.29) is 17.2 Å². The molecule has 0 bridgehead atoms. The van der Waals surface area contributed by atoms with Gasteiger partial charge in [-0.2, -0.15) is 5.10 Å². The van der Waals surface area contributed by atoms with Gasteiger partial charge in [0.2, 0.25) is 0 Å². The van der Waals surface area contributed by atoms with Crippen molar-refractivity contribution in [3.63, 3.8) is 0 Å². The van der Waals surface area contributed by atoms with Crippen molar-refractivity contribution in [3.05, 3.63) is 95.6 Å². The lowest BCUT2D eigenvalue weighted by atomic mass is 10.2. The Morgan fingerprint density at radius 2 is 1.81 bits per heavy atom. The van der Waals surface area contributed by atoms with Gasteiger partial charge in [-0.25, -0.2) is 14.6 Å². The molecule has 1 heterocycles. The lowest BCUT2D eigenvalue weighted by molar-refractivity contribution is 0.0729. The van der Waals surface area contributed by atoms with Crippen molar-refractivity contribution >= 4 is 18.1 Å². The van der Waals surface area contributed by atoms with Crippen molar-refractivity contribution in [1.29, 1.82) is 0 Å². The molecule has 1 amide bonds. The molecule has 0 unspecified atom stereocenters. The lowest BCUT2D eigenvalue weighted by Crippen LogP contribution is -2.17. The Bertz CT molecular complexity index is 973. The predicted octanol–water partition coefficient (Wildman–Crippen LogP) is 3.20. The fourth-order valence-electron chi connectivity index (χ4n) is 2.14. The van der Waals surface area contributed by atoms with E-state index in [0.29, 0.717) is 11.1 Å². The second-order valence-corrected chi connectivity index (χ2v) is 5.38. The highest BCUT2D eigenvalue weighted by atomic mass is 19.1. The number of nitrogens with one attached hydrogen (secondary N) is 1. The molecule has 0 fully saturated rings. The van der Waals surface area contributed by atoms with Gasteiger partial charge in [0.25, 0.3) is 5.91 Å². The van der Waals surface area contributed by atoms with Crippen LogP contribution in [0, 0.1) is 5.82 Å². The number of hydrogen-bond acceptors (Lipinski definition) is 5. The fourth-order valence-corrected chi connectivity index (χ4v) is 2.14. The van der Waals surface area contributed by atoms with Gasteiger partial charge in [-0.3, -0.25) is 9.78 Å². The van der Waals surface area contributed by atoms with Gasteiger partial charge < -0.3 is 4.74 Å². The summed E-state index contributed by atoms with van der Waals surface area (Å²) in [6, 6.07) is 15.2. The SMILES string of the molecule is O=C(NN=Cc1ccc(OC(=O)c2ccccc2F)cc1)c1cccnc1. The number of hydrogen-bond donors (Lipinski definition) is 1. The van der Waals surface area contributed by atoms with E-state index in [2.05, 4.69) is 15.5 Å². The molecular formula is C20H14FN3O3. The van der Waals surface area contributed by atoms with Crippen LogP contribution in [-0.2, 0) is 0 Å². The zero-order valence-electron chi connectivity index (χ0n) is 14.0. The van der Waals surface area contributed by atoms with Gasteiger partial charge in [0, 0.05) is 12.4 Å². The summed E-state index contributed by atoms with van der Waals surface area (Å²) in [5.74, 6) is -1.54. The van der Waals surface area contributed by atoms with Crippen LogP contribution in [0.4, 0.5) is 4.39 Å². The first-order valence-electron chi connectivity index (χ1n) is 7.94. The minimum Gasteiger partial charge on any atom is -0.423 e. The Labute approximate surface area is 154 Å². The molecular weight excluding hydrogens is 349 g/mol. The van der Waals surface area contributed by atoms with E-state index in [9.17, 15) is 14.0 Å². The number of halogens is 1. The number of aromatic nitrogens is 1. The van der Waals surface area contributed by atoms with Crippen LogP contribution in [0.2, 0.25) is 0 Å². The highest BCUT2D eigenvalue weighted by molar-refractivity contribution is 5.94. The third-order valence-electron chi connectivity index (χ3n) is 3.49. The predicted molar refractivity (Wildman–Crippen MR) is 97.1 cm³/mol. The Morgan fingerprint density at radius 3 is 2.52 bits per heavy atom. The van der Waals surface area contributed by atoms with E-state index in [1.807, 2.05) is 0 Å². The number of carbonyl (C=O) groups is 2. The minimum absolute atomic E-state index is 0.138. The number of pyridine rings is 1. The molecule has 0 saturated carbocycles. The molecule has 6 nitrogen and oxygen atoms in total. The number of benzene rings is 2. The number of hydrazone groups is 1. The van der Waals surface area contributed by atoms with Gasteiger partial charge in [0.15, 0.2) is 0 Å². The molecule has 0 aliphatic rings. The third-order valence-corrected chi connectivity index (χ3v) is 3.49. The van der Waals surface area contributed by atoms with Crippen molar-refractivity contribution in [2.75, 3.05) is 0 Å². The van der Waals surface area contributed by atoms with Gasteiger partial charge in [0.05, 0.1) is 17.3 Å². The Kier molecular flexibility index (Phi) is 5.64. The molecule has 0 atom stereocenters. The van der Waals surface area contributed by atoms with Gasteiger partial charge in [-0.1, -0.05) is 12.1 Å². The molecule has 134 valence electrons. The molecule has 1 N–H and O–H groups in total. The van der Waals surface area contributed by atoms with Crippen molar-refractivity contribution < 1.29 is 18.7 Å². The van der Waals surface area contributed by atoms with Gasteiger partial charge in [0.1, 0.15) is 11.6 Å². The Morgan fingerprint density at radius 1 is 1.04 bits per heavy atom. The van der Waals surface area contributed by atoms with Crippen LogP contribution in [-0.4, -0.2) is 23.1 Å². The number of nitrogens with zero attached hydrogens (tertiary/aromatic N) is 2. The summed E-state index contributed by atoms with van der Waals surface area (Å²) in [5.41, 5.74) is 3.31. The van der Waals surface area contributed by atoms with Crippen LogP contribution < -0.4 is 10.2 Å². The van der Waals surface area contributed by atoms with Crippen molar-refractivity contribution in [2.24, 2.45) is 5.10 Å². The number of carbonyl (C=O) groups excluding carboxylic acids is 2. The second-order valence-electron chi connectivity index (χ2n) is 5.38. The van der Waals surface area contributed by atoms with Crippen LogP contribution >= 0.6 is 0 Å². The highest BCUT2D eigenvalue weighted by Gasteiger charge is 2.13. The average Bonchev–Trinajstić information content (AvgIpc) is 2.70. The number of esters is 1. The summed E-state index contributed by atoms with van der Waals surface area (Å²) in [4.78, 5) is 27.6. The summed E-state index contributed by atoms with van der Waals surface area (Å²) in [5, 5.41) is 3.86. The molecule has 7 heteroatoms. The first kappa shape index (κ1) is 17.9. The fraction of sp³-hybridized carbons (Fsp3) is 0. The van der Waals surface area contributed by atoms with Crippen LogP contribution in [0.25, 0.3) is 0 Å². The maximum atomic E-state index is 13.6. The number of amides is 1. The first-order chi connectivity index (χ1) is 13.1. The second kappa shape index (κ2) is 8.48. The molecule has 3 aromatic rings. The Balaban J connectivity index is 1.58. The van der Waals surface area contributed by atoms with E-state index < -0.39 is 11.8 Å². The van der Waals surface area contributed by atoms with E-state index in [1.165, 1.54) is 30.6 Å². The molecule has 1 aromatic heterocycles. The smallest absolute Gasteiger partial charge is 0.346 e. The first-order valence-corrected chi connectivity index (χ1v) is 7.94. The van der Waals surface area contributed by atoms with E-state index in [4.69, 9.17) is 4.74 Å². The Hall–Kier alpha value is -3.87. The van der Waals surface area contributed by atoms with E-state index >= 15 is 0 Å². The third kappa shape index (κ3) is 4.82. The van der Waals surface area contributed by atoms with Crippen LogP contribution in [0.5, 0.6) is 5.75 Å². The standard InChI is InChI=1S/C20H14FN3O3/c21-18-6-2-1-5-17(18)20(26)27-16-9-7-14(8-10-16)12-23-24-19(25)15-4-3-11-22-13-15/h1-13H,(H,24,25). The van der Waals surface area contributed by atoms with Gasteiger partial charge in [-0.15, -0.1) is 0 Å². The van der Waals surface area contributed by atoms with Gasteiger partial charge >= 0.3 is 5.97 Å². The zero-order valence-corrected chi connectivity index (χ0v) is 14.0. The number of rotatable bonds is 5. The molecule has 0 aliphatic carbocycles. The van der Waals surface area contributed by atoms with E-state index in [1.54, 1.807) is 48.7 Å². The monoisotopic (exact) mass is 363 g/mol. The molecule has 3 rings (SSSR count).